The summed E-state index contributed by atoms with van der Waals surface area (Å²) in [6.45, 7) is 4.09. The molecule has 130 valence electrons. The van der Waals surface area contributed by atoms with Crippen LogP contribution in [0.15, 0.2) is 36.8 Å². The van der Waals surface area contributed by atoms with E-state index in [1.54, 1.807) is 17.8 Å². The molecule has 0 amide bonds. The van der Waals surface area contributed by atoms with E-state index >= 15 is 0 Å². The summed E-state index contributed by atoms with van der Waals surface area (Å²) in [6, 6.07) is 6.12. The molecule has 25 heavy (non-hydrogen) atoms. The number of anilines is 1. The minimum absolute atomic E-state index is 0.580. The molecule has 4 heterocycles. The molecule has 3 aromatic rings. The van der Waals surface area contributed by atoms with Gasteiger partial charge in [-0.15, -0.1) is 0 Å². The predicted octanol–water partition coefficient (Wildman–Crippen LogP) is 2.81. The number of nitrogens with zero attached hydrogens (tertiary/aromatic N) is 5. The van der Waals surface area contributed by atoms with E-state index in [0.717, 1.165) is 48.6 Å². The Morgan fingerprint density at radius 1 is 1.12 bits per heavy atom. The smallest absolute Gasteiger partial charge is 0.146 e. The van der Waals surface area contributed by atoms with E-state index in [2.05, 4.69) is 33.0 Å². The maximum atomic E-state index is 6.21. The summed E-state index contributed by atoms with van der Waals surface area (Å²) in [4.78, 5) is 9.21. The van der Waals surface area contributed by atoms with Crippen molar-refractivity contribution in [2.75, 3.05) is 45.2 Å². The number of halogens is 1. The van der Waals surface area contributed by atoms with E-state index in [1.807, 2.05) is 24.5 Å². The number of piperazine rings is 1. The average molecular weight is 358 g/mol. The number of rotatable bonds is 3. The molecule has 0 aliphatic carbocycles. The summed E-state index contributed by atoms with van der Waals surface area (Å²) in [7, 11) is 3.79. The lowest BCUT2D eigenvalue weighted by atomic mass is 10.1. The molecule has 7 heteroatoms. The SMILES string of the molecule is COc1cc(-c2ccnc(N3CCN(C)CC3)c2)cn2ncc(Cl)c12. The number of hydrogen-bond donors (Lipinski definition) is 0. The second-order valence-corrected chi connectivity index (χ2v) is 6.68. The number of aromatic nitrogens is 3. The number of pyridine rings is 2. The van der Waals surface area contributed by atoms with Crippen LogP contribution in [0.4, 0.5) is 5.82 Å². The fourth-order valence-electron chi connectivity index (χ4n) is 3.17. The standard InChI is InChI=1S/C18H20ClN5O/c1-22-5-7-23(8-6-22)17-10-13(3-4-20-17)14-9-16(25-2)18-15(19)11-21-24(18)12-14/h3-4,9-12H,5-8H2,1-2H3. The van der Waals surface area contributed by atoms with Crippen molar-refractivity contribution in [1.82, 2.24) is 19.5 Å². The lowest BCUT2D eigenvalue weighted by molar-refractivity contribution is 0.312. The van der Waals surface area contributed by atoms with Crippen molar-refractivity contribution >= 4 is 22.9 Å². The zero-order chi connectivity index (χ0) is 17.4. The molecule has 0 unspecified atom stereocenters. The van der Waals surface area contributed by atoms with Crippen LogP contribution >= 0.6 is 11.6 Å². The van der Waals surface area contributed by atoms with Gasteiger partial charge in [0.25, 0.3) is 0 Å². The number of fused-ring (bicyclic) bond motifs is 1. The van der Waals surface area contributed by atoms with Crippen molar-refractivity contribution in [3.05, 3.63) is 41.8 Å². The molecule has 3 aromatic heterocycles. The zero-order valence-corrected chi connectivity index (χ0v) is 15.1. The second-order valence-electron chi connectivity index (χ2n) is 6.28. The second kappa shape index (κ2) is 6.54. The average Bonchev–Trinajstić information content (AvgIpc) is 3.03. The van der Waals surface area contributed by atoms with E-state index in [0.29, 0.717) is 10.8 Å². The Labute approximate surface area is 151 Å². The van der Waals surface area contributed by atoms with Gasteiger partial charge < -0.3 is 14.5 Å². The van der Waals surface area contributed by atoms with E-state index in [1.165, 1.54) is 0 Å². The topological polar surface area (TPSA) is 45.9 Å². The molecule has 0 saturated carbocycles. The van der Waals surface area contributed by atoms with E-state index < -0.39 is 0 Å². The third kappa shape index (κ3) is 3.03. The first-order valence-electron chi connectivity index (χ1n) is 8.26. The van der Waals surface area contributed by atoms with Crippen molar-refractivity contribution in [2.45, 2.75) is 0 Å². The molecule has 0 spiro atoms. The van der Waals surface area contributed by atoms with Crippen molar-refractivity contribution in [1.29, 1.82) is 0 Å². The van der Waals surface area contributed by atoms with Crippen LogP contribution in [-0.4, -0.2) is 59.8 Å². The zero-order valence-electron chi connectivity index (χ0n) is 14.3. The Bertz CT molecular complexity index is 902. The third-order valence-electron chi connectivity index (χ3n) is 4.66. The molecular weight excluding hydrogens is 338 g/mol. The van der Waals surface area contributed by atoms with Gasteiger partial charge in [-0.3, -0.25) is 0 Å². The largest absolute Gasteiger partial charge is 0.494 e. The van der Waals surface area contributed by atoms with Gasteiger partial charge in [-0.05, 0) is 30.8 Å². The van der Waals surface area contributed by atoms with Gasteiger partial charge in [0, 0.05) is 44.1 Å². The molecule has 1 fully saturated rings. The Balaban J connectivity index is 1.72. The summed E-state index contributed by atoms with van der Waals surface area (Å²) < 4.78 is 7.27. The van der Waals surface area contributed by atoms with Crippen molar-refractivity contribution in [2.24, 2.45) is 0 Å². The summed E-state index contributed by atoms with van der Waals surface area (Å²) >= 11 is 6.21. The minimum atomic E-state index is 0.580. The van der Waals surface area contributed by atoms with Crippen LogP contribution in [0, 0.1) is 0 Å². The van der Waals surface area contributed by atoms with Crippen LogP contribution in [0.5, 0.6) is 5.75 Å². The normalized spacial score (nSPS) is 15.7. The first-order valence-corrected chi connectivity index (χ1v) is 8.64. The highest BCUT2D eigenvalue weighted by atomic mass is 35.5. The van der Waals surface area contributed by atoms with Crippen molar-refractivity contribution in [3.8, 4) is 16.9 Å². The first-order chi connectivity index (χ1) is 12.2. The highest BCUT2D eigenvalue weighted by molar-refractivity contribution is 6.34. The van der Waals surface area contributed by atoms with Crippen LogP contribution in [0.1, 0.15) is 0 Å². The maximum absolute atomic E-state index is 6.21. The lowest BCUT2D eigenvalue weighted by Crippen LogP contribution is -2.44. The Morgan fingerprint density at radius 3 is 2.68 bits per heavy atom. The van der Waals surface area contributed by atoms with Crippen LogP contribution < -0.4 is 9.64 Å². The molecule has 1 aliphatic rings. The van der Waals surface area contributed by atoms with Gasteiger partial charge in [-0.25, -0.2) is 9.50 Å². The highest BCUT2D eigenvalue weighted by Crippen LogP contribution is 2.32. The van der Waals surface area contributed by atoms with Gasteiger partial charge in [0.1, 0.15) is 17.1 Å². The molecular formula is C18H20ClN5O. The number of ether oxygens (including phenoxy) is 1. The summed E-state index contributed by atoms with van der Waals surface area (Å²) in [5, 5.41) is 4.89. The van der Waals surface area contributed by atoms with Crippen LogP contribution in [0.3, 0.4) is 0 Å². The summed E-state index contributed by atoms with van der Waals surface area (Å²) in [5.74, 6) is 1.71. The van der Waals surface area contributed by atoms with Crippen molar-refractivity contribution < 1.29 is 4.74 Å². The van der Waals surface area contributed by atoms with Gasteiger partial charge in [-0.2, -0.15) is 5.10 Å². The number of hydrogen-bond acceptors (Lipinski definition) is 5. The van der Waals surface area contributed by atoms with Gasteiger partial charge in [0.2, 0.25) is 0 Å². The van der Waals surface area contributed by atoms with Gasteiger partial charge >= 0.3 is 0 Å². The summed E-state index contributed by atoms with van der Waals surface area (Å²) in [6.07, 6.45) is 5.45. The lowest BCUT2D eigenvalue weighted by Gasteiger charge is -2.33. The molecule has 0 atom stereocenters. The quantitative estimate of drug-likeness (QED) is 0.721. The van der Waals surface area contributed by atoms with Crippen LogP contribution in [0.2, 0.25) is 5.02 Å². The van der Waals surface area contributed by atoms with E-state index in [-0.39, 0.29) is 0 Å². The van der Waals surface area contributed by atoms with Gasteiger partial charge in [0.05, 0.1) is 18.3 Å². The molecule has 0 radical (unpaired) electrons. The Hall–Kier alpha value is -2.31. The fraction of sp³-hybridized carbons (Fsp3) is 0.333. The summed E-state index contributed by atoms with van der Waals surface area (Å²) in [5.41, 5.74) is 2.87. The number of likely N-dealkylation sites (N-methyl/N-ethyl adjacent to an activating group) is 1. The molecule has 6 nitrogen and oxygen atoms in total. The monoisotopic (exact) mass is 357 g/mol. The van der Waals surface area contributed by atoms with Gasteiger partial charge in [0.15, 0.2) is 0 Å². The molecule has 0 aromatic carbocycles. The van der Waals surface area contributed by atoms with E-state index in [9.17, 15) is 0 Å². The fourth-order valence-corrected chi connectivity index (χ4v) is 3.39. The van der Waals surface area contributed by atoms with Crippen LogP contribution in [-0.2, 0) is 0 Å². The predicted molar refractivity (Wildman–Crippen MR) is 99.7 cm³/mol. The van der Waals surface area contributed by atoms with Crippen LogP contribution in [0.25, 0.3) is 16.6 Å². The maximum Gasteiger partial charge on any atom is 0.146 e. The Kier molecular flexibility index (Phi) is 4.23. The number of methoxy groups -OCH3 is 1. The molecule has 4 rings (SSSR count). The molecule has 0 N–H and O–H groups in total. The highest BCUT2D eigenvalue weighted by Gasteiger charge is 2.16. The Morgan fingerprint density at radius 2 is 1.92 bits per heavy atom. The third-order valence-corrected chi connectivity index (χ3v) is 4.93. The van der Waals surface area contributed by atoms with Gasteiger partial charge in [-0.1, -0.05) is 11.6 Å². The molecule has 1 aliphatic heterocycles. The van der Waals surface area contributed by atoms with E-state index in [4.69, 9.17) is 16.3 Å². The first kappa shape index (κ1) is 16.2. The van der Waals surface area contributed by atoms with Crippen molar-refractivity contribution in [3.63, 3.8) is 0 Å². The molecule has 0 bridgehead atoms. The minimum Gasteiger partial charge on any atom is -0.494 e. The molecule has 1 saturated heterocycles.